The maximum Gasteiger partial charge on any atom is 0.333 e. The molecule has 0 spiro atoms. The molecule has 2 heterocycles. The average Bonchev–Trinajstić information content (AvgIpc) is 2.98. The molecule has 2 aliphatic heterocycles. The quantitative estimate of drug-likeness (QED) is 0.899. The fraction of sp³-hybridized carbons (Fsp3) is 0.263. The normalized spacial score (nSPS) is 23.9. The summed E-state index contributed by atoms with van der Waals surface area (Å²) in [7, 11) is 1.56. The number of rotatable bonds is 2. The van der Waals surface area contributed by atoms with Crippen molar-refractivity contribution in [3.8, 4) is 11.5 Å². The zero-order chi connectivity index (χ0) is 18.5. The molecule has 1 fully saturated rings. The molecule has 0 aromatic heterocycles. The van der Waals surface area contributed by atoms with Crippen LogP contribution in [0.2, 0.25) is 0 Å². The van der Waals surface area contributed by atoms with E-state index in [1.165, 1.54) is 0 Å². The number of nitrogens with zero attached hydrogens (tertiary/aromatic N) is 2. The summed E-state index contributed by atoms with van der Waals surface area (Å²) in [6, 6.07) is 13.6. The number of fused-ring (bicyclic) bond motifs is 3. The van der Waals surface area contributed by atoms with E-state index in [4.69, 9.17) is 15.2 Å². The van der Waals surface area contributed by atoms with E-state index in [1.54, 1.807) is 30.2 Å². The van der Waals surface area contributed by atoms with Crippen LogP contribution < -0.4 is 20.1 Å². The molecular formula is C19H19N3O4. The van der Waals surface area contributed by atoms with Gasteiger partial charge in [0.15, 0.2) is 0 Å². The van der Waals surface area contributed by atoms with Crippen molar-refractivity contribution in [1.82, 2.24) is 4.90 Å². The Bertz CT molecular complexity index is 886. The third-order valence-corrected chi connectivity index (χ3v) is 5.14. The van der Waals surface area contributed by atoms with Crippen molar-refractivity contribution in [2.75, 3.05) is 18.6 Å². The summed E-state index contributed by atoms with van der Waals surface area (Å²) in [4.78, 5) is 27.7. The van der Waals surface area contributed by atoms with Crippen LogP contribution in [-0.4, -0.2) is 36.7 Å². The highest BCUT2D eigenvalue weighted by molar-refractivity contribution is 6.07. The van der Waals surface area contributed by atoms with Gasteiger partial charge in [-0.25, -0.2) is 14.5 Å². The molecule has 0 aliphatic carbocycles. The summed E-state index contributed by atoms with van der Waals surface area (Å²) in [5.41, 5.74) is 6.04. The van der Waals surface area contributed by atoms with Gasteiger partial charge in [-0.2, -0.15) is 0 Å². The van der Waals surface area contributed by atoms with E-state index >= 15 is 0 Å². The number of methoxy groups -OCH3 is 1. The minimum atomic E-state index is -0.868. The molecule has 0 saturated carbocycles. The number of carbonyl (C=O) groups excluding carboxylic acids is 2. The molecule has 26 heavy (non-hydrogen) atoms. The highest BCUT2D eigenvalue weighted by Gasteiger charge is 2.60. The molecule has 7 nitrogen and oxygen atoms in total. The average molecular weight is 353 g/mol. The Morgan fingerprint density at radius 1 is 1.27 bits per heavy atom. The van der Waals surface area contributed by atoms with Crippen LogP contribution >= 0.6 is 0 Å². The maximum absolute atomic E-state index is 13.1. The molecule has 7 heteroatoms. The Morgan fingerprint density at radius 3 is 2.65 bits per heavy atom. The first kappa shape index (κ1) is 16.3. The van der Waals surface area contributed by atoms with Crippen molar-refractivity contribution in [2.24, 2.45) is 5.73 Å². The number of anilines is 1. The van der Waals surface area contributed by atoms with Gasteiger partial charge in [0.05, 0.1) is 19.3 Å². The van der Waals surface area contributed by atoms with Crippen molar-refractivity contribution in [2.45, 2.75) is 18.6 Å². The minimum absolute atomic E-state index is 0.114. The molecular weight excluding hydrogens is 334 g/mol. The van der Waals surface area contributed by atoms with Crippen LogP contribution in [0, 0.1) is 0 Å². The van der Waals surface area contributed by atoms with Crippen molar-refractivity contribution in [3.05, 3.63) is 54.1 Å². The second kappa shape index (κ2) is 5.66. The Balaban J connectivity index is 1.98. The van der Waals surface area contributed by atoms with E-state index in [0.29, 0.717) is 17.2 Å². The molecule has 2 atom stereocenters. The third kappa shape index (κ3) is 2.06. The molecule has 2 unspecified atom stereocenters. The Morgan fingerprint density at radius 2 is 2.00 bits per heavy atom. The summed E-state index contributed by atoms with van der Waals surface area (Å²) in [5, 5.41) is 0. The number of imide groups is 1. The number of nitrogens with two attached hydrogens (primary N) is 1. The minimum Gasteiger partial charge on any atom is -0.497 e. The van der Waals surface area contributed by atoms with Crippen LogP contribution in [0.3, 0.4) is 0 Å². The zero-order valence-corrected chi connectivity index (χ0v) is 14.5. The first-order chi connectivity index (χ1) is 12.5. The van der Waals surface area contributed by atoms with E-state index < -0.39 is 17.6 Å². The molecule has 2 aliphatic rings. The summed E-state index contributed by atoms with van der Waals surface area (Å²) < 4.78 is 11.5. The Kier molecular flexibility index (Phi) is 3.54. The lowest BCUT2D eigenvalue weighted by Gasteiger charge is -2.46. The maximum atomic E-state index is 13.1. The number of hydrogen-bond donors (Lipinski definition) is 1. The summed E-state index contributed by atoms with van der Waals surface area (Å²) in [6.45, 7) is 2.01. The predicted molar refractivity (Wildman–Crippen MR) is 95.4 cm³/mol. The molecule has 0 bridgehead atoms. The smallest absolute Gasteiger partial charge is 0.333 e. The van der Waals surface area contributed by atoms with Gasteiger partial charge in [-0.15, -0.1) is 0 Å². The Hall–Kier alpha value is -3.22. The van der Waals surface area contributed by atoms with Gasteiger partial charge in [0, 0.05) is 6.07 Å². The number of amides is 4. The highest BCUT2D eigenvalue weighted by Crippen LogP contribution is 2.51. The van der Waals surface area contributed by atoms with E-state index in [0.717, 1.165) is 10.5 Å². The predicted octanol–water partition coefficient (Wildman–Crippen LogP) is 2.69. The summed E-state index contributed by atoms with van der Waals surface area (Å²) in [5.74, 6) is 1.15. The van der Waals surface area contributed by atoms with Gasteiger partial charge in [-0.1, -0.05) is 30.3 Å². The first-order valence-corrected chi connectivity index (χ1v) is 8.30. The van der Waals surface area contributed by atoms with Gasteiger partial charge in [0.2, 0.25) is 0 Å². The number of primary amides is 1. The fourth-order valence-electron chi connectivity index (χ4n) is 3.84. The molecule has 2 aromatic rings. The standard InChI is InChI=1S/C19H19N3O4/c1-12-19(13-6-4-3-5-7-13)11-21(17(20)23)18(24)22(19)15-10-14(25-2)8-9-16(15)26-12/h3-10,12H,11H2,1-2H3,(H2,20,23). The monoisotopic (exact) mass is 353 g/mol. The molecule has 134 valence electrons. The van der Waals surface area contributed by atoms with Gasteiger partial charge >= 0.3 is 12.1 Å². The van der Waals surface area contributed by atoms with Crippen LogP contribution in [0.1, 0.15) is 12.5 Å². The van der Waals surface area contributed by atoms with E-state index in [-0.39, 0.29) is 12.6 Å². The van der Waals surface area contributed by atoms with E-state index in [1.807, 2.05) is 37.3 Å². The van der Waals surface area contributed by atoms with Crippen LogP contribution in [0.4, 0.5) is 15.3 Å². The number of hydrogen-bond acceptors (Lipinski definition) is 4. The number of carbonyl (C=O) groups is 2. The van der Waals surface area contributed by atoms with Gasteiger partial charge in [-0.05, 0) is 24.6 Å². The molecule has 1 saturated heterocycles. The second-order valence-corrected chi connectivity index (χ2v) is 6.43. The van der Waals surface area contributed by atoms with Crippen LogP contribution in [-0.2, 0) is 5.54 Å². The summed E-state index contributed by atoms with van der Waals surface area (Å²) in [6.07, 6.45) is -0.390. The summed E-state index contributed by atoms with van der Waals surface area (Å²) >= 11 is 0. The lowest BCUT2D eigenvalue weighted by atomic mass is 9.82. The van der Waals surface area contributed by atoms with Crippen molar-refractivity contribution >= 4 is 17.7 Å². The number of urea groups is 2. The second-order valence-electron chi connectivity index (χ2n) is 6.43. The Labute approximate surface area is 150 Å². The third-order valence-electron chi connectivity index (χ3n) is 5.14. The van der Waals surface area contributed by atoms with Gasteiger partial charge in [0.25, 0.3) is 0 Å². The molecule has 2 N–H and O–H groups in total. The van der Waals surface area contributed by atoms with E-state index in [2.05, 4.69) is 0 Å². The molecule has 2 aromatic carbocycles. The first-order valence-electron chi connectivity index (χ1n) is 8.30. The highest BCUT2D eigenvalue weighted by atomic mass is 16.5. The van der Waals surface area contributed by atoms with Crippen LogP contribution in [0.5, 0.6) is 11.5 Å². The van der Waals surface area contributed by atoms with E-state index in [9.17, 15) is 9.59 Å². The largest absolute Gasteiger partial charge is 0.497 e. The molecule has 4 amide bonds. The number of ether oxygens (including phenoxy) is 2. The van der Waals surface area contributed by atoms with Gasteiger partial charge in [0.1, 0.15) is 23.1 Å². The molecule has 4 rings (SSSR count). The molecule has 0 radical (unpaired) electrons. The van der Waals surface area contributed by atoms with Crippen molar-refractivity contribution < 1.29 is 19.1 Å². The fourth-order valence-corrected chi connectivity index (χ4v) is 3.84. The lowest BCUT2D eigenvalue weighted by Crippen LogP contribution is -2.57. The van der Waals surface area contributed by atoms with Crippen molar-refractivity contribution in [3.63, 3.8) is 0 Å². The zero-order valence-electron chi connectivity index (χ0n) is 14.5. The SMILES string of the molecule is COc1ccc2c(c1)N1C(=O)N(C(N)=O)CC1(c1ccccc1)C(C)O2. The number of benzene rings is 2. The van der Waals surface area contributed by atoms with Gasteiger partial charge < -0.3 is 15.2 Å². The van der Waals surface area contributed by atoms with Gasteiger partial charge in [-0.3, -0.25) is 4.90 Å². The topological polar surface area (TPSA) is 85.1 Å². The van der Waals surface area contributed by atoms with Crippen LogP contribution in [0.15, 0.2) is 48.5 Å². The van der Waals surface area contributed by atoms with Crippen LogP contribution in [0.25, 0.3) is 0 Å². The lowest BCUT2D eigenvalue weighted by molar-refractivity contribution is 0.112. The van der Waals surface area contributed by atoms with Crippen molar-refractivity contribution in [1.29, 1.82) is 0 Å².